The summed E-state index contributed by atoms with van der Waals surface area (Å²) in [5.74, 6) is -2.22. The third-order valence-corrected chi connectivity index (χ3v) is 2.24. The van der Waals surface area contributed by atoms with Crippen LogP contribution < -0.4 is 0 Å². The van der Waals surface area contributed by atoms with E-state index in [1.807, 2.05) is 0 Å². The molecule has 88 valence electrons. The molecule has 0 aliphatic carbocycles. The van der Waals surface area contributed by atoms with Crippen LogP contribution in [-0.4, -0.2) is 41.0 Å². The van der Waals surface area contributed by atoms with Crippen molar-refractivity contribution in [3.05, 3.63) is 0 Å². The number of carbonyl (C=O) groups is 1. The fourth-order valence-electron chi connectivity index (χ4n) is 1.23. The predicted molar refractivity (Wildman–Crippen MR) is 43.6 cm³/mol. The van der Waals surface area contributed by atoms with E-state index < -0.39 is 17.7 Å². The van der Waals surface area contributed by atoms with E-state index in [0.717, 1.165) is 5.06 Å². The summed E-state index contributed by atoms with van der Waals surface area (Å²) in [5, 5.41) is 10.4. The normalized spacial score (nSPS) is 22.5. The van der Waals surface area contributed by atoms with Gasteiger partial charge < -0.3 is 9.94 Å². The second-order valence-corrected chi connectivity index (χ2v) is 3.80. The van der Waals surface area contributed by atoms with Gasteiger partial charge in [-0.05, 0) is 19.8 Å². The van der Waals surface area contributed by atoms with Gasteiger partial charge >= 0.3 is 12.1 Å². The summed E-state index contributed by atoms with van der Waals surface area (Å²) in [6.45, 7) is 1.81. The van der Waals surface area contributed by atoms with Crippen LogP contribution in [-0.2, 0) is 9.63 Å². The average molecular weight is 227 g/mol. The van der Waals surface area contributed by atoms with Gasteiger partial charge in [0.1, 0.15) is 0 Å². The largest absolute Gasteiger partial charge is 0.492 e. The lowest BCUT2D eigenvalue weighted by molar-refractivity contribution is -0.246. The number of carbonyl (C=O) groups excluding carboxylic acids is 1. The monoisotopic (exact) mass is 227 g/mol. The zero-order chi connectivity index (χ0) is 11.7. The van der Waals surface area contributed by atoms with Gasteiger partial charge in [0, 0.05) is 13.1 Å². The van der Waals surface area contributed by atoms with Crippen LogP contribution >= 0.6 is 0 Å². The van der Waals surface area contributed by atoms with Gasteiger partial charge in [0.15, 0.2) is 0 Å². The summed E-state index contributed by atoms with van der Waals surface area (Å²) < 4.78 is 35.4. The maximum absolute atomic E-state index is 11.8. The minimum absolute atomic E-state index is 0.106. The Morgan fingerprint density at radius 3 is 2.27 bits per heavy atom. The van der Waals surface area contributed by atoms with Crippen molar-refractivity contribution in [1.82, 2.24) is 5.06 Å². The van der Waals surface area contributed by atoms with Crippen molar-refractivity contribution in [2.24, 2.45) is 0 Å². The third-order valence-electron chi connectivity index (χ3n) is 2.24. The van der Waals surface area contributed by atoms with Crippen LogP contribution in [0.25, 0.3) is 0 Å². The molecule has 15 heavy (non-hydrogen) atoms. The molecule has 1 saturated heterocycles. The van der Waals surface area contributed by atoms with Crippen LogP contribution in [0.15, 0.2) is 0 Å². The Morgan fingerprint density at radius 1 is 1.40 bits per heavy atom. The smallest absolute Gasteiger partial charge is 0.390 e. The first-order valence-electron chi connectivity index (χ1n) is 4.47. The Bertz CT molecular complexity index is 242. The molecule has 0 atom stereocenters. The van der Waals surface area contributed by atoms with Crippen molar-refractivity contribution in [1.29, 1.82) is 0 Å². The number of hydrogen-bond donors (Lipinski definition) is 1. The van der Waals surface area contributed by atoms with Crippen molar-refractivity contribution < 1.29 is 27.9 Å². The molecule has 4 nitrogen and oxygen atoms in total. The second-order valence-electron chi connectivity index (χ2n) is 3.80. The molecule has 0 bridgehead atoms. The van der Waals surface area contributed by atoms with E-state index in [9.17, 15) is 23.1 Å². The van der Waals surface area contributed by atoms with E-state index >= 15 is 0 Å². The number of rotatable bonds is 1. The van der Waals surface area contributed by atoms with Crippen LogP contribution in [0.1, 0.15) is 19.8 Å². The van der Waals surface area contributed by atoms with Crippen LogP contribution in [0.3, 0.4) is 0 Å². The lowest BCUT2D eigenvalue weighted by atomic mass is 9.95. The number of hydrogen-bond acceptors (Lipinski definition) is 4. The lowest BCUT2D eigenvalue weighted by Crippen LogP contribution is -2.45. The molecule has 0 radical (unpaired) electrons. The first-order chi connectivity index (χ1) is 6.71. The molecule has 0 spiro atoms. The SMILES string of the molecule is CC1(O)CCN(OC(=O)C(F)(F)F)CC1. The number of alkyl halides is 3. The Labute approximate surface area is 84.6 Å². The van der Waals surface area contributed by atoms with Gasteiger partial charge in [-0.15, -0.1) is 5.06 Å². The molecule has 7 heteroatoms. The van der Waals surface area contributed by atoms with Gasteiger partial charge in [-0.25, -0.2) is 4.79 Å². The minimum atomic E-state index is -4.97. The topological polar surface area (TPSA) is 49.8 Å². The van der Waals surface area contributed by atoms with Gasteiger partial charge in [0.2, 0.25) is 0 Å². The van der Waals surface area contributed by atoms with E-state index in [4.69, 9.17) is 0 Å². The summed E-state index contributed by atoms with van der Waals surface area (Å²) >= 11 is 0. The van der Waals surface area contributed by atoms with Crippen molar-refractivity contribution in [2.75, 3.05) is 13.1 Å². The van der Waals surface area contributed by atoms with E-state index in [0.29, 0.717) is 0 Å². The van der Waals surface area contributed by atoms with E-state index in [-0.39, 0.29) is 25.9 Å². The van der Waals surface area contributed by atoms with Crippen molar-refractivity contribution in [3.63, 3.8) is 0 Å². The second kappa shape index (κ2) is 3.97. The number of hydroxylamine groups is 2. The maximum Gasteiger partial charge on any atom is 0.492 e. The molecule has 0 aromatic heterocycles. The molecule has 1 heterocycles. The Hall–Kier alpha value is -0.820. The highest BCUT2D eigenvalue weighted by Gasteiger charge is 2.43. The molecule has 0 aromatic carbocycles. The summed E-state index contributed by atoms with van der Waals surface area (Å²) in [7, 11) is 0. The zero-order valence-electron chi connectivity index (χ0n) is 8.17. The Morgan fingerprint density at radius 2 is 1.87 bits per heavy atom. The van der Waals surface area contributed by atoms with E-state index in [1.54, 1.807) is 6.92 Å². The molecule has 1 aliphatic rings. The standard InChI is InChI=1S/C8H12F3NO3/c1-7(14)2-4-12(5-3-7)15-6(13)8(9,10)11/h14H,2-5H2,1H3. The quantitative estimate of drug-likeness (QED) is 0.721. The molecule has 1 rings (SSSR count). The average Bonchev–Trinajstić information content (AvgIpc) is 2.07. The van der Waals surface area contributed by atoms with Crippen molar-refractivity contribution >= 4 is 5.97 Å². The first-order valence-corrected chi connectivity index (χ1v) is 4.47. The molecule has 0 aromatic rings. The van der Waals surface area contributed by atoms with Gasteiger partial charge in [-0.1, -0.05) is 0 Å². The predicted octanol–water partition coefficient (Wildman–Crippen LogP) is 0.854. The maximum atomic E-state index is 11.8. The highest BCUT2D eigenvalue weighted by Crippen LogP contribution is 2.23. The first kappa shape index (κ1) is 12.3. The lowest BCUT2D eigenvalue weighted by Gasteiger charge is -2.34. The summed E-state index contributed by atoms with van der Waals surface area (Å²) in [6, 6.07) is 0. The molecule has 0 unspecified atom stereocenters. The molecule has 1 aliphatic heterocycles. The molecule has 1 fully saturated rings. The number of halogens is 3. The highest BCUT2D eigenvalue weighted by atomic mass is 19.4. The highest BCUT2D eigenvalue weighted by molar-refractivity contribution is 5.75. The summed E-state index contributed by atoms with van der Waals surface area (Å²) in [6.07, 6.45) is -4.42. The molecular formula is C8H12F3NO3. The minimum Gasteiger partial charge on any atom is -0.390 e. The van der Waals surface area contributed by atoms with Crippen molar-refractivity contribution in [3.8, 4) is 0 Å². The fraction of sp³-hybridized carbons (Fsp3) is 0.875. The Balaban J connectivity index is 2.40. The Kier molecular flexibility index (Phi) is 3.25. The van der Waals surface area contributed by atoms with E-state index in [2.05, 4.69) is 4.84 Å². The molecule has 0 saturated carbocycles. The van der Waals surface area contributed by atoms with Crippen LogP contribution in [0.5, 0.6) is 0 Å². The van der Waals surface area contributed by atoms with E-state index in [1.165, 1.54) is 0 Å². The molecular weight excluding hydrogens is 215 g/mol. The van der Waals surface area contributed by atoms with Crippen molar-refractivity contribution in [2.45, 2.75) is 31.5 Å². The van der Waals surface area contributed by atoms with Crippen LogP contribution in [0.4, 0.5) is 13.2 Å². The summed E-state index contributed by atoms with van der Waals surface area (Å²) in [4.78, 5) is 14.6. The zero-order valence-corrected chi connectivity index (χ0v) is 8.17. The van der Waals surface area contributed by atoms with Gasteiger partial charge in [0.05, 0.1) is 5.60 Å². The third kappa shape index (κ3) is 3.67. The van der Waals surface area contributed by atoms with Gasteiger partial charge in [0.25, 0.3) is 0 Å². The van der Waals surface area contributed by atoms with Crippen LogP contribution in [0.2, 0.25) is 0 Å². The number of aliphatic hydroxyl groups is 1. The molecule has 1 N–H and O–H groups in total. The van der Waals surface area contributed by atoms with Gasteiger partial charge in [-0.3, -0.25) is 0 Å². The number of piperidine rings is 1. The van der Waals surface area contributed by atoms with Gasteiger partial charge in [-0.2, -0.15) is 13.2 Å². The molecule has 0 amide bonds. The fourth-order valence-corrected chi connectivity index (χ4v) is 1.23. The van der Waals surface area contributed by atoms with Crippen LogP contribution in [0, 0.1) is 0 Å². The number of nitrogens with zero attached hydrogens (tertiary/aromatic N) is 1. The summed E-state index contributed by atoms with van der Waals surface area (Å²) in [5.41, 5.74) is -0.888.